The number of carbonyl (C=O) groups excluding carboxylic acids is 2. The van der Waals surface area contributed by atoms with Crippen LogP contribution in [0, 0.1) is 34.5 Å². The first kappa shape index (κ1) is 22.7. The number of likely N-dealkylation sites (tertiary alicyclic amines) is 1. The standard InChI is InChI=1S/C27H41NO4/c1-17-7-12-28(13-8-17)16-24(31)20-6-11-27(32)21-15-23(30)22-14-18(29)4-9-25(22,2)19(21)5-10-26(20,27)3/h15,17-20,22,29,32H,4-14,16H2,1-3H3/t18?,19?,20-,22?,25?,26?,27-/m1/s1. The molecule has 178 valence electrons. The van der Waals surface area contributed by atoms with Crippen LogP contribution in [0.15, 0.2) is 11.6 Å². The van der Waals surface area contributed by atoms with Gasteiger partial charge in [-0.15, -0.1) is 0 Å². The molecule has 0 aromatic rings. The summed E-state index contributed by atoms with van der Waals surface area (Å²) in [5.41, 5.74) is -0.836. The maximum atomic E-state index is 13.5. The van der Waals surface area contributed by atoms with Gasteiger partial charge >= 0.3 is 0 Å². The topological polar surface area (TPSA) is 77.8 Å². The number of carbonyl (C=O) groups is 2. The molecule has 5 aliphatic rings. The van der Waals surface area contributed by atoms with Gasteiger partial charge in [0.2, 0.25) is 0 Å². The Kier molecular flexibility index (Phi) is 5.50. The number of hydrogen-bond acceptors (Lipinski definition) is 5. The molecule has 5 nitrogen and oxygen atoms in total. The monoisotopic (exact) mass is 443 g/mol. The number of ketones is 2. The molecule has 0 bridgehead atoms. The molecule has 1 saturated heterocycles. The molecular weight excluding hydrogens is 402 g/mol. The molecule has 0 amide bonds. The van der Waals surface area contributed by atoms with E-state index in [9.17, 15) is 19.8 Å². The van der Waals surface area contributed by atoms with Crippen molar-refractivity contribution in [2.45, 2.75) is 90.3 Å². The molecule has 5 rings (SSSR count). The van der Waals surface area contributed by atoms with Crippen molar-refractivity contribution in [2.75, 3.05) is 19.6 Å². The Morgan fingerprint density at radius 2 is 1.78 bits per heavy atom. The molecule has 0 spiro atoms. The van der Waals surface area contributed by atoms with Gasteiger partial charge < -0.3 is 10.2 Å². The first-order valence-corrected chi connectivity index (χ1v) is 13.0. The van der Waals surface area contributed by atoms with Crippen LogP contribution in [0.3, 0.4) is 0 Å². The summed E-state index contributed by atoms with van der Waals surface area (Å²) in [5.74, 6) is 0.994. The predicted molar refractivity (Wildman–Crippen MR) is 123 cm³/mol. The average molecular weight is 444 g/mol. The third kappa shape index (κ3) is 3.21. The largest absolute Gasteiger partial charge is 0.393 e. The minimum absolute atomic E-state index is 0.0763. The average Bonchev–Trinajstić information content (AvgIpc) is 3.03. The summed E-state index contributed by atoms with van der Waals surface area (Å²) in [6.07, 6.45) is 8.81. The van der Waals surface area contributed by atoms with Crippen LogP contribution in [0.2, 0.25) is 0 Å². The molecule has 2 N–H and O–H groups in total. The Morgan fingerprint density at radius 1 is 1.06 bits per heavy atom. The van der Waals surface area contributed by atoms with E-state index in [-0.39, 0.29) is 34.7 Å². The van der Waals surface area contributed by atoms with Crippen molar-refractivity contribution >= 4 is 11.6 Å². The molecule has 0 aromatic heterocycles. The molecule has 4 aliphatic carbocycles. The third-order valence-electron chi connectivity index (χ3n) is 10.7. The van der Waals surface area contributed by atoms with Gasteiger partial charge in [-0.3, -0.25) is 14.5 Å². The lowest BCUT2D eigenvalue weighted by Crippen LogP contribution is -2.59. The van der Waals surface area contributed by atoms with Crippen molar-refractivity contribution in [3.05, 3.63) is 11.6 Å². The van der Waals surface area contributed by atoms with E-state index in [0.717, 1.165) is 63.1 Å². The summed E-state index contributed by atoms with van der Waals surface area (Å²) in [6, 6.07) is 0. The Balaban J connectivity index is 1.40. The number of fused-ring (bicyclic) bond motifs is 5. The van der Waals surface area contributed by atoms with E-state index < -0.39 is 17.1 Å². The van der Waals surface area contributed by atoms with Gasteiger partial charge in [0, 0.05) is 17.3 Å². The predicted octanol–water partition coefficient (Wildman–Crippen LogP) is 3.52. The van der Waals surface area contributed by atoms with Crippen LogP contribution in [-0.4, -0.2) is 58.0 Å². The summed E-state index contributed by atoms with van der Waals surface area (Å²) < 4.78 is 0. The van der Waals surface area contributed by atoms with Gasteiger partial charge in [-0.1, -0.05) is 20.8 Å². The van der Waals surface area contributed by atoms with Gasteiger partial charge in [-0.05, 0) is 99.8 Å². The number of allylic oxidation sites excluding steroid dienone is 1. The fourth-order valence-electron chi connectivity index (χ4n) is 8.38. The van der Waals surface area contributed by atoms with E-state index >= 15 is 0 Å². The van der Waals surface area contributed by atoms with Gasteiger partial charge in [0.1, 0.15) is 0 Å². The second-order valence-electron chi connectivity index (χ2n) is 12.4. The number of rotatable bonds is 3. The van der Waals surface area contributed by atoms with Crippen molar-refractivity contribution in [3.63, 3.8) is 0 Å². The highest BCUT2D eigenvalue weighted by Crippen LogP contribution is 2.67. The number of aliphatic hydroxyl groups is 2. The van der Waals surface area contributed by atoms with E-state index in [1.807, 2.05) is 0 Å². The minimum atomic E-state index is -1.06. The molecule has 7 atom stereocenters. The zero-order valence-electron chi connectivity index (χ0n) is 20.1. The molecule has 4 fully saturated rings. The van der Waals surface area contributed by atoms with E-state index in [1.54, 1.807) is 6.08 Å². The van der Waals surface area contributed by atoms with Gasteiger partial charge in [0.25, 0.3) is 0 Å². The molecular formula is C27H41NO4. The van der Waals surface area contributed by atoms with Crippen LogP contribution in [0.5, 0.6) is 0 Å². The highest BCUT2D eigenvalue weighted by atomic mass is 16.3. The zero-order valence-corrected chi connectivity index (χ0v) is 20.1. The zero-order chi connectivity index (χ0) is 22.9. The molecule has 5 heteroatoms. The van der Waals surface area contributed by atoms with Crippen LogP contribution in [0.25, 0.3) is 0 Å². The summed E-state index contributed by atoms with van der Waals surface area (Å²) in [5, 5.41) is 22.4. The molecule has 5 unspecified atom stereocenters. The van der Waals surface area contributed by atoms with Crippen molar-refractivity contribution in [1.29, 1.82) is 0 Å². The summed E-state index contributed by atoms with van der Waals surface area (Å²) >= 11 is 0. The lowest BCUT2D eigenvalue weighted by atomic mass is 9.46. The summed E-state index contributed by atoms with van der Waals surface area (Å²) in [7, 11) is 0. The molecule has 0 radical (unpaired) electrons. The maximum Gasteiger partial charge on any atom is 0.159 e. The van der Waals surface area contributed by atoms with E-state index in [0.29, 0.717) is 25.8 Å². The summed E-state index contributed by atoms with van der Waals surface area (Å²) in [6.45, 7) is 9.10. The smallest absolute Gasteiger partial charge is 0.159 e. The van der Waals surface area contributed by atoms with Crippen LogP contribution in [0.1, 0.15) is 78.6 Å². The van der Waals surface area contributed by atoms with Crippen molar-refractivity contribution < 1.29 is 19.8 Å². The molecule has 1 heterocycles. The first-order valence-electron chi connectivity index (χ1n) is 13.0. The Labute approximate surface area is 192 Å². The molecule has 1 aliphatic heterocycles. The number of piperidine rings is 1. The number of hydrogen-bond donors (Lipinski definition) is 2. The molecule has 0 aromatic carbocycles. The number of Topliss-reactive ketones (excluding diaryl/α,β-unsaturated/α-hetero) is 1. The van der Waals surface area contributed by atoms with E-state index in [4.69, 9.17) is 0 Å². The highest BCUT2D eigenvalue weighted by Gasteiger charge is 2.66. The Bertz CT molecular complexity index is 830. The Hall–Kier alpha value is -1.04. The quantitative estimate of drug-likeness (QED) is 0.698. The normalized spacial score (nSPS) is 47.4. The van der Waals surface area contributed by atoms with Crippen molar-refractivity contribution in [3.8, 4) is 0 Å². The van der Waals surface area contributed by atoms with Gasteiger partial charge in [0.15, 0.2) is 11.6 Å². The maximum absolute atomic E-state index is 13.5. The first-order chi connectivity index (χ1) is 15.1. The lowest BCUT2D eigenvalue weighted by molar-refractivity contribution is -0.144. The SMILES string of the molecule is CC1CCN(CC(=O)[C@H]2CC[C@@]3(O)C4=CC(=O)C5CC(O)CCC5(C)C4CCC23C)CC1. The van der Waals surface area contributed by atoms with Crippen LogP contribution < -0.4 is 0 Å². The van der Waals surface area contributed by atoms with Gasteiger partial charge in [-0.25, -0.2) is 0 Å². The van der Waals surface area contributed by atoms with Crippen molar-refractivity contribution in [2.24, 2.45) is 34.5 Å². The van der Waals surface area contributed by atoms with E-state index in [1.165, 1.54) is 0 Å². The molecule has 3 saturated carbocycles. The minimum Gasteiger partial charge on any atom is -0.393 e. The second-order valence-corrected chi connectivity index (χ2v) is 12.4. The second kappa shape index (κ2) is 7.74. The van der Waals surface area contributed by atoms with Crippen LogP contribution >= 0.6 is 0 Å². The van der Waals surface area contributed by atoms with E-state index in [2.05, 4.69) is 25.7 Å². The summed E-state index contributed by atoms with van der Waals surface area (Å²) in [4.78, 5) is 29.0. The van der Waals surface area contributed by atoms with Crippen LogP contribution in [0.4, 0.5) is 0 Å². The van der Waals surface area contributed by atoms with Crippen LogP contribution in [-0.2, 0) is 9.59 Å². The molecule has 32 heavy (non-hydrogen) atoms. The highest BCUT2D eigenvalue weighted by molar-refractivity contribution is 5.95. The third-order valence-corrected chi connectivity index (χ3v) is 10.7. The number of nitrogens with zero attached hydrogens (tertiary/aromatic N) is 1. The van der Waals surface area contributed by atoms with Gasteiger partial charge in [0.05, 0.1) is 18.2 Å². The number of aliphatic hydroxyl groups excluding tert-OH is 1. The van der Waals surface area contributed by atoms with Crippen molar-refractivity contribution in [1.82, 2.24) is 4.90 Å². The fourth-order valence-corrected chi connectivity index (χ4v) is 8.38. The Morgan fingerprint density at radius 3 is 2.50 bits per heavy atom. The lowest BCUT2D eigenvalue weighted by Gasteiger charge is -2.59. The van der Waals surface area contributed by atoms with Gasteiger partial charge in [-0.2, -0.15) is 0 Å². The fraction of sp³-hybridized carbons (Fsp3) is 0.852.